The second-order valence-electron chi connectivity index (χ2n) is 5.42. The molecule has 0 aliphatic heterocycles. The highest BCUT2D eigenvalue weighted by Gasteiger charge is 2.18. The number of carbonyl (C=O) groups is 3. The summed E-state index contributed by atoms with van der Waals surface area (Å²) >= 11 is 0. The van der Waals surface area contributed by atoms with Crippen LogP contribution in [0.3, 0.4) is 0 Å². The van der Waals surface area contributed by atoms with E-state index in [0.29, 0.717) is 11.3 Å². The molecule has 1 N–H and O–H groups in total. The number of methoxy groups -OCH3 is 4. The average molecular weight is 424 g/mol. The molecular formula is C20H21FO9. The molecule has 0 aliphatic carbocycles. The third kappa shape index (κ3) is 6.09. The summed E-state index contributed by atoms with van der Waals surface area (Å²) in [7, 11) is 5.13. The number of phenolic OH excluding ortho intramolecular Hbond substituents is 1. The molecule has 0 amide bonds. The lowest BCUT2D eigenvalue weighted by Gasteiger charge is -2.08. The monoisotopic (exact) mass is 424 g/mol. The van der Waals surface area contributed by atoms with Gasteiger partial charge in [-0.15, -0.1) is 0 Å². The SMILES string of the molecule is COC(=O)c1ccc(OC)c(O)c1F.COC(=O)c1ccc(OC)c(OC(C)=O)c1. The van der Waals surface area contributed by atoms with Crippen LogP contribution in [0.4, 0.5) is 4.39 Å². The molecule has 0 unspecified atom stereocenters. The standard InChI is InChI=1S/C11H12O5.C9H9FO4/c1-7(12)16-10-6-8(11(13)15-3)4-5-9(10)14-2;1-13-6-4-3-5(9(12)14-2)7(10)8(6)11/h4-6H,1-3H3;3-4,11H,1-2H3. The molecule has 0 bridgehead atoms. The van der Waals surface area contributed by atoms with Gasteiger partial charge in [-0.2, -0.15) is 0 Å². The lowest BCUT2D eigenvalue weighted by atomic mass is 10.2. The molecule has 0 saturated heterocycles. The van der Waals surface area contributed by atoms with Crippen LogP contribution in [0.25, 0.3) is 0 Å². The molecule has 162 valence electrons. The van der Waals surface area contributed by atoms with Crippen molar-refractivity contribution in [2.75, 3.05) is 28.4 Å². The first kappa shape index (κ1) is 24.2. The fourth-order valence-corrected chi connectivity index (χ4v) is 2.14. The molecule has 0 fully saturated rings. The Hall–Kier alpha value is -3.82. The highest BCUT2D eigenvalue weighted by Crippen LogP contribution is 2.31. The predicted octanol–water partition coefficient (Wildman–Crippen LogP) is 2.73. The van der Waals surface area contributed by atoms with Gasteiger partial charge in [0, 0.05) is 6.92 Å². The Morgan fingerprint density at radius 2 is 1.40 bits per heavy atom. The van der Waals surface area contributed by atoms with Crippen molar-refractivity contribution in [3.05, 3.63) is 47.3 Å². The van der Waals surface area contributed by atoms with E-state index in [1.54, 1.807) is 0 Å². The number of benzene rings is 2. The molecule has 9 nitrogen and oxygen atoms in total. The van der Waals surface area contributed by atoms with Crippen molar-refractivity contribution in [2.24, 2.45) is 0 Å². The Balaban J connectivity index is 0.000000303. The van der Waals surface area contributed by atoms with E-state index >= 15 is 0 Å². The molecule has 0 aliphatic rings. The van der Waals surface area contributed by atoms with E-state index in [9.17, 15) is 23.9 Å². The molecule has 0 radical (unpaired) electrons. The second kappa shape index (κ2) is 11.2. The van der Waals surface area contributed by atoms with Crippen LogP contribution in [-0.2, 0) is 14.3 Å². The number of aromatic hydroxyl groups is 1. The quantitative estimate of drug-likeness (QED) is 0.571. The Labute approximate surface area is 171 Å². The van der Waals surface area contributed by atoms with Gasteiger partial charge in [-0.25, -0.2) is 14.0 Å². The van der Waals surface area contributed by atoms with E-state index in [1.165, 1.54) is 58.6 Å². The van der Waals surface area contributed by atoms with Crippen LogP contribution in [0.5, 0.6) is 23.0 Å². The number of carbonyl (C=O) groups excluding carboxylic acids is 3. The molecule has 0 aromatic heterocycles. The van der Waals surface area contributed by atoms with Gasteiger partial charge in [0.1, 0.15) is 0 Å². The van der Waals surface area contributed by atoms with Crippen LogP contribution < -0.4 is 14.2 Å². The van der Waals surface area contributed by atoms with Gasteiger partial charge in [-0.3, -0.25) is 4.79 Å². The smallest absolute Gasteiger partial charge is 0.340 e. The summed E-state index contributed by atoms with van der Waals surface area (Å²) in [6, 6.07) is 6.92. The molecular weight excluding hydrogens is 403 g/mol. The average Bonchev–Trinajstić information content (AvgIpc) is 2.74. The van der Waals surface area contributed by atoms with Crippen LogP contribution in [-0.4, -0.2) is 51.5 Å². The lowest BCUT2D eigenvalue weighted by molar-refractivity contribution is -0.132. The number of esters is 3. The molecule has 2 rings (SSSR count). The van der Waals surface area contributed by atoms with E-state index in [0.717, 1.165) is 7.11 Å². The molecule has 10 heteroatoms. The second-order valence-corrected chi connectivity index (χ2v) is 5.42. The topological polar surface area (TPSA) is 118 Å². The zero-order valence-corrected chi connectivity index (χ0v) is 17.0. The molecule has 0 atom stereocenters. The molecule has 0 heterocycles. The first-order valence-corrected chi connectivity index (χ1v) is 8.28. The van der Waals surface area contributed by atoms with Gasteiger partial charge in [0.15, 0.2) is 28.8 Å². The van der Waals surface area contributed by atoms with Crippen LogP contribution in [0, 0.1) is 5.82 Å². The predicted molar refractivity (Wildman–Crippen MR) is 102 cm³/mol. The van der Waals surface area contributed by atoms with E-state index in [-0.39, 0.29) is 17.1 Å². The number of ether oxygens (including phenoxy) is 5. The van der Waals surface area contributed by atoms with E-state index < -0.39 is 29.5 Å². The number of hydrogen-bond donors (Lipinski definition) is 1. The maximum Gasteiger partial charge on any atom is 0.340 e. The Morgan fingerprint density at radius 3 is 1.90 bits per heavy atom. The largest absolute Gasteiger partial charge is 0.502 e. The Bertz CT molecular complexity index is 925. The number of hydrogen-bond acceptors (Lipinski definition) is 9. The van der Waals surface area contributed by atoms with Gasteiger partial charge < -0.3 is 28.8 Å². The summed E-state index contributed by atoms with van der Waals surface area (Å²) in [5.74, 6) is -3.04. The normalized spacial score (nSPS) is 9.53. The van der Waals surface area contributed by atoms with Crippen molar-refractivity contribution in [1.29, 1.82) is 0 Å². The molecule has 2 aromatic rings. The van der Waals surface area contributed by atoms with Crippen molar-refractivity contribution >= 4 is 17.9 Å². The summed E-state index contributed by atoms with van der Waals surface area (Å²) in [6.07, 6.45) is 0. The number of halogens is 1. The fourth-order valence-electron chi connectivity index (χ4n) is 2.14. The van der Waals surface area contributed by atoms with Crippen LogP contribution in [0.15, 0.2) is 30.3 Å². The number of phenols is 1. The van der Waals surface area contributed by atoms with Gasteiger partial charge in [0.05, 0.1) is 39.6 Å². The summed E-state index contributed by atoms with van der Waals surface area (Å²) in [5.41, 5.74) is -0.0367. The maximum absolute atomic E-state index is 13.3. The van der Waals surface area contributed by atoms with Crippen LogP contribution in [0.1, 0.15) is 27.6 Å². The first-order chi connectivity index (χ1) is 14.2. The van der Waals surface area contributed by atoms with Gasteiger partial charge >= 0.3 is 17.9 Å². The molecule has 2 aromatic carbocycles. The summed E-state index contributed by atoms with van der Waals surface area (Å²) < 4.78 is 36.7. The van der Waals surface area contributed by atoms with Crippen LogP contribution in [0.2, 0.25) is 0 Å². The van der Waals surface area contributed by atoms with E-state index in [1.807, 2.05) is 0 Å². The lowest BCUT2D eigenvalue weighted by Crippen LogP contribution is -2.06. The van der Waals surface area contributed by atoms with Gasteiger partial charge in [-0.1, -0.05) is 0 Å². The van der Waals surface area contributed by atoms with E-state index in [4.69, 9.17) is 9.47 Å². The third-order valence-corrected chi connectivity index (χ3v) is 3.54. The zero-order valence-electron chi connectivity index (χ0n) is 17.0. The van der Waals surface area contributed by atoms with Crippen LogP contribution >= 0.6 is 0 Å². The van der Waals surface area contributed by atoms with Gasteiger partial charge in [0.25, 0.3) is 0 Å². The zero-order chi connectivity index (χ0) is 22.8. The summed E-state index contributed by atoms with van der Waals surface area (Å²) in [4.78, 5) is 33.1. The summed E-state index contributed by atoms with van der Waals surface area (Å²) in [6.45, 7) is 1.27. The molecule has 30 heavy (non-hydrogen) atoms. The van der Waals surface area contributed by atoms with Crippen molar-refractivity contribution in [3.63, 3.8) is 0 Å². The third-order valence-electron chi connectivity index (χ3n) is 3.54. The minimum absolute atomic E-state index is 0.0323. The fraction of sp³-hybridized carbons (Fsp3) is 0.250. The maximum atomic E-state index is 13.3. The van der Waals surface area contributed by atoms with Crippen molar-refractivity contribution < 1.29 is 47.6 Å². The van der Waals surface area contributed by atoms with E-state index in [2.05, 4.69) is 14.2 Å². The first-order valence-electron chi connectivity index (χ1n) is 8.28. The highest BCUT2D eigenvalue weighted by atomic mass is 19.1. The number of rotatable bonds is 5. The van der Waals surface area contributed by atoms with Gasteiger partial charge in [0.2, 0.25) is 0 Å². The minimum Gasteiger partial charge on any atom is -0.502 e. The Kier molecular flexibility index (Phi) is 9.08. The highest BCUT2D eigenvalue weighted by molar-refractivity contribution is 5.91. The minimum atomic E-state index is -1.05. The Morgan fingerprint density at radius 1 is 0.833 bits per heavy atom. The van der Waals surface area contributed by atoms with Crippen molar-refractivity contribution in [2.45, 2.75) is 6.92 Å². The van der Waals surface area contributed by atoms with Crippen molar-refractivity contribution in [3.8, 4) is 23.0 Å². The van der Waals surface area contributed by atoms with Gasteiger partial charge in [-0.05, 0) is 30.3 Å². The molecule has 0 saturated carbocycles. The summed E-state index contributed by atoms with van der Waals surface area (Å²) in [5, 5.41) is 9.22. The molecule has 0 spiro atoms. The van der Waals surface area contributed by atoms with Crippen molar-refractivity contribution in [1.82, 2.24) is 0 Å².